The Morgan fingerprint density at radius 3 is 2.06 bits per heavy atom. The van der Waals surface area contributed by atoms with E-state index in [2.05, 4.69) is 18.4 Å². The summed E-state index contributed by atoms with van der Waals surface area (Å²) >= 11 is 0. The summed E-state index contributed by atoms with van der Waals surface area (Å²) in [7, 11) is 0. The largest absolute Gasteiger partial charge is 0.285 e. The van der Waals surface area contributed by atoms with Gasteiger partial charge in [-0.2, -0.15) is 0 Å². The van der Waals surface area contributed by atoms with Crippen LogP contribution in [0.3, 0.4) is 0 Å². The molecule has 1 heteroatoms. The first kappa shape index (κ1) is 10.8. The van der Waals surface area contributed by atoms with Crippen LogP contribution in [0.25, 0.3) is 0 Å². The van der Waals surface area contributed by atoms with Crippen molar-refractivity contribution >= 4 is 6.29 Å². The molecule has 0 amide bonds. The maximum atomic E-state index is 11.2. The number of hydrogen-bond acceptors (Lipinski definition) is 1. The highest BCUT2D eigenvalue weighted by Gasteiger charge is 2.52. The predicted octanol–water partition coefficient (Wildman–Crippen LogP) is 3.61. The van der Waals surface area contributed by atoms with Gasteiger partial charge in [0.1, 0.15) is 0 Å². The van der Waals surface area contributed by atoms with Crippen LogP contribution in [0.15, 0.2) is 24.3 Å². The van der Waals surface area contributed by atoms with Gasteiger partial charge in [0.25, 0.3) is 0 Å². The SMILES string of the molecule is O=[C]c1ccccc1C12CC3CC(CC(C3)C1)C2. The Morgan fingerprint density at radius 1 is 0.944 bits per heavy atom. The topological polar surface area (TPSA) is 17.1 Å². The lowest BCUT2D eigenvalue weighted by atomic mass is 9.47. The molecule has 4 saturated carbocycles. The predicted molar refractivity (Wildman–Crippen MR) is 71.1 cm³/mol. The van der Waals surface area contributed by atoms with Gasteiger partial charge in [0, 0.05) is 5.56 Å². The van der Waals surface area contributed by atoms with Crippen molar-refractivity contribution in [1.82, 2.24) is 0 Å². The molecule has 4 aliphatic carbocycles. The van der Waals surface area contributed by atoms with E-state index in [-0.39, 0.29) is 0 Å². The van der Waals surface area contributed by atoms with Gasteiger partial charge in [-0.25, -0.2) is 0 Å². The lowest BCUT2D eigenvalue weighted by Crippen LogP contribution is -2.48. The zero-order chi connectivity index (χ0) is 12.2. The van der Waals surface area contributed by atoms with Gasteiger partial charge in [-0.15, -0.1) is 0 Å². The molecule has 0 saturated heterocycles. The van der Waals surface area contributed by atoms with Crippen LogP contribution in [-0.4, -0.2) is 6.29 Å². The molecule has 1 nitrogen and oxygen atoms in total. The first-order valence-corrected chi connectivity index (χ1v) is 7.27. The molecule has 4 fully saturated rings. The van der Waals surface area contributed by atoms with E-state index in [0.29, 0.717) is 5.41 Å². The van der Waals surface area contributed by atoms with Crippen LogP contribution >= 0.6 is 0 Å². The Kier molecular flexibility index (Phi) is 2.21. The van der Waals surface area contributed by atoms with Gasteiger partial charge in [0.05, 0.1) is 0 Å². The third kappa shape index (κ3) is 1.43. The standard InChI is InChI=1S/C17H19O/c18-11-15-3-1-2-4-16(15)17-8-12-5-13(9-17)7-14(6-12)10-17/h1-4,12-14H,5-10H2. The second kappa shape index (κ2) is 3.69. The van der Waals surface area contributed by atoms with Crippen LogP contribution in [0.1, 0.15) is 49.7 Å². The van der Waals surface area contributed by atoms with Crippen molar-refractivity contribution in [1.29, 1.82) is 0 Å². The van der Waals surface area contributed by atoms with Gasteiger partial charge in [-0.05, 0) is 67.3 Å². The first-order chi connectivity index (χ1) is 8.79. The van der Waals surface area contributed by atoms with Crippen LogP contribution in [-0.2, 0) is 10.2 Å². The molecule has 4 aliphatic rings. The molecule has 93 valence electrons. The average molecular weight is 239 g/mol. The molecule has 0 atom stereocenters. The molecule has 1 radical (unpaired) electrons. The van der Waals surface area contributed by atoms with Crippen molar-refractivity contribution in [2.24, 2.45) is 17.8 Å². The molecule has 0 aromatic heterocycles. The highest BCUT2D eigenvalue weighted by atomic mass is 16.1. The molecule has 0 aliphatic heterocycles. The molecule has 1 aromatic rings. The molecule has 5 rings (SSSR count). The van der Waals surface area contributed by atoms with Crippen molar-refractivity contribution in [3.05, 3.63) is 35.4 Å². The average Bonchev–Trinajstić information content (AvgIpc) is 2.37. The molecule has 0 spiro atoms. The van der Waals surface area contributed by atoms with Crippen molar-refractivity contribution in [3.63, 3.8) is 0 Å². The molecule has 4 bridgehead atoms. The summed E-state index contributed by atoms with van der Waals surface area (Å²) in [6.45, 7) is 0. The molecule has 1 aromatic carbocycles. The maximum Gasteiger partial charge on any atom is 0.233 e. The normalized spacial score (nSPS) is 41.0. The third-order valence-electron chi connectivity index (χ3n) is 5.65. The fourth-order valence-electron chi connectivity index (χ4n) is 5.48. The minimum atomic E-state index is 0.322. The van der Waals surface area contributed by atoms with Crippen molar-refractivity contribution in [2.75, 3.05) is 0 Å². The van der Waals surface area contributed by atoms with E-state index >= 15 is 0 Å². The highest BCUT2D eigenvalue weighted by molar-refractivity contribution is 5.78. The van der Waals surface area contributed by atoms with Crippen LogP contribution < -0.4 is 0 Å². The van der Waals surface area contributed by atoms with Crippen molar-refractivity contribution in [3.8, 4) is 0 Å². The molecule has 18 heavy (non-hydrogen) atoms. The molecule has 0 unspecified atom stereocenters. The van der Waals surface area contributed by atoms with E-state index in [4.69, 9.17) is 0 Å². The quantitative estimate of drug-likeness (QED) is 0.770. The second-order valence-corrected chi connectivity index (χ2v) is 6.85. The summed E-state index contributed by atoms with van der Waals surface area (Å²) in [5.41, 5.74) is 2.45. The highest BCUT2D eigenvalue weighted by Crippen LogP contribution is 2.60. The third-order valence-corrected chi connectivity index (χ3v) is 5.65. The summed E-state index contributed by atoms with van der Waals surface area (Å²) in [5.74, 6) is 2.78. The van der Waals surface area contributed by atoms with Crippen LogP contribution in [0, 0.1) is 17.8 Å². The fraction of sp³-hybridized carbons (Fsp3) is 0.588. The maximum absolute atomic E-state index is 11.2. The lowest BCUT2D eigenvalue weighted by molar-refractivity contribution is -0.00526. The monoisotopic (exact) mass is 239 g/mol. The number of rotatable bonds is 2. The molecule has 0 N–H and O–H groups in total. The summed E-state index contributed by atoms with van der Waals surface area (Å²) in [4.78, 5) is 11.2. The Bertz CT molecular complexity index is 453. The van der Waals surface area contributed by atoms with Gasteiger partial charge in [0.2, 0.25) is 6.29 Å². The Hall–Kier alpha value is -1.11. The molecular formula is C17H19O. The Labute approximate surface area is 109 Å². The summed E-state index contributed by atoms with van der Waals surface area (Å²) in [6.07, 6.45) is 10.5. The smallest absolute Gasteiger partial charge is 0.233 e. The Balaban J connectivity index is 1.81. The van der Waals surface area contributed by atoms with Crippen molar-refractivity contribution in [2.45, 2.75) is 43.9 Å². The summed E-state index contributed by atoms with van der Waals surface area (Å²) in [6, 6.07) is 8.19. The van der Waals surface area contributed by atoms with E-state index < -0.39 is 0 Å². The van der Waals surface area contributed by atoms with E-state index in [1.165, 1.54) is 44.1 Å². The molecule has 0 heterocycles. The van der Waals surface area contributed by atoms with E-state index in [1.807, 2.05) is 12.1 Å². The first-order valence-electron chi connectivity index (χ1n) is 7.27. The number of hydrogen-bond donors (Lipinski definition) is 0. The van der Waals surface area contributed by atoms with Gasteiger partial charge < -0.3 is 0 Å². The molecular weight excluding hydrogens is 220 g/mol. The van der Waals surface area contributed by atoms with Crippen LogP contribution in [0.4, 0.5) is 0 Å². The minimum Gasteiger partial charge on any atom is -0.285 e. The van der Waals surface area contributed by atoms with Crippen LogP contribution in [0.2, 0.25) is 0 Å². The van der Waals surface area contributed by atoms with Gasteiger partial charge in [-0.1, -0.05) is 24.3 Å². The number of benzene rings is 1. The second-order valence-electron chi connectivity index (χ2n) is 6.85. The van der Waals surface area contributed by atoms with E-state index in [1.54, 1.807) is 0 Å². The Morgan fingerprint density at radius 2 is 1.50 bits per heavy atom. The zero-order valence-corrected chi connectivity index (χ0v) is 10.7. The van der Waals surface area contributed by atoms with Gasteiger partial charge in [0.15, 0.2) is 0 Å². The summed E-state index contributed by atoms with van der Waals surface area (Å²) in [5, 5.41) is 0. The van der Waals surface area contributed by atoms with Gasteiger partial charge >= 0.3 is 0 Å². The van der Waals surface area contributed by atoms with Crippen molar-refractivity contribution < 1.29 is 4.79 Å². The number of carbonyl (C=O) groups excluding carboxylic acids is 1. The fourth-order valence-corrected chi connectivity index (χ4v) is 5.48. The van der Waals surface area contributed by atoms with Gasteiger partial charge in [-0.3, -0.25) is 4.79 Å². The van der Waals surface area contributed by atoms with E-state index in [9.17, 15) is 4.79 Å². The lowest BCUT2D eigenvalue weighted by Gasteiger charge is -2.57. The minimum absolute atomic E-state index is 0.322. The van der Waals surface area contributed by atoms with E-state index in [0.717, 1.165) is 23.3 Å². The summed E-state index contributed by atoms with van der Waals surface area (Å²) < 4.78 is 0. The van der Waals surface area contributed by atoms with Crippen LogP contribution in [0.5, 0.6) is 0 Å². The zero-order valence-electron chi connectivity index (χ0n) is 10.7.